The lowest BCUT2D eigenvalue weighted by Crippen LogP contribution is -2.30. The lowest BCUT2D eigenvalue weighted by molar-refractivity contribution is -0.128. The Kier molecular flexibility index (Phi) is 5.76. The third-order valence-electron chi connectivity index (χ3n) is 4.60. The Morgan fingerprint density at radius 3 is 2.59 bits per heavy atom. The second-order valence-corrected chi connectivity index (χ2v) is 6.93. The minimum atomic E-state index is -0.631. The van der Waals surface area contributed by atoms with E-state index < -0.39 is 11.8 Å². The normalized spacial score (nSPS) is 16.4. The van der Waals surface area contributed by atoms with Gasteiger partial charge < -0.3 is 16.0 Å². The van der Waals surface area contributed by atoms with E-state index in [0.717, 1.165) is 12.0 Å². The molecule has 0 spiro atoms. The molecular weight excluding hydrogens is 366 g/mol. The summed E-state index contributed by atoms with van der Waals surface area (Å²) < 4.78 is 0. The first kappa shape index (κ1) is 18.9. The minimum absolute atomic E-state index is 0.0202. The summed E-state index contributed by atoms with van der Waals surface area (Å²) in [5.74, 6) is -1.31. The third kappa shape index (κ3) is 4.65. The molecule has 2 aromatic rings. The molecule has 140 valence electrons. The summed E-state index contributed by atoms with van der Waals surface area (Å²) in [6, 6.07) is 14.4. The highest BCUT2D eigenvalue weighted by molar-refractivity contribution is 6.34. The average Bonchev–Trinajstić information content (AvgIpc) is 3.01. The number of likely N-dealkylation sites (tertiary alicyclic amines) is 1. The summed E-state index contributed by atoms with van der Waals surface area (Å²) in [4.78, 5) is 37.6. The maximum absolute atomic E-state index is 12.5. The van der Waals surface area contributed by atoms with E-state index in [-0.39, 0.29) is 28.8 Å². The van der Waals surface area contributed by atoms with Gasteiger partial charge in [-0.05, 0) is 30.2 Å². The highest BCUT2D eigenvalue weighted by Gasteiger charge is 2.34. The number of primary amides is 1. The Balaban J connectivity index is 1.57. The molecule has 0 aromatic heterocycles. The first-order valence-electron chi connectivity index (χ1n) is 8.66. The Morgan fingerprint density at radius 1 is 1.19 bits per heavy atom. The van der Waals surface area contributed by atoms with Gasteiger partial charge in [0.15, 0.2) is 0 Å². The fourth-order valence-corrected chi connectivity index (χ4v) is 3.38. The number of nitrogens with zero attached hydrogens (tertiary/aromatic N) is 1. The number of nitrogens with two attached hydrogens (primary N) is 1. The van der Waals surface area contributed by atoms with E-state index >= 15 is 0 Å². The van der Waals surface area contributed by atoms with Gasteiger partial charge in [-0.3, -0.25) is 14.4 Å². The summed E-state index contributed by atoms with van der Waals surface area (Å²) in [5, 5.41) is 2.92. The fraction of sp³-hybridized carbons (Fsp3) is 0.250. The molecule has 1 aliphatic heterocycles. The van der Waals surface area contributed by atoms with Gasteiger partial charge in [-0.15, -0.1) is 0 Å². The molecule has 7 heteroatoms. The van der Waals surface area contributed by atoms with Crippen LogP contribution in [0, 0.1) is 5.92 Å². The number of hydrogen-bond acceptors (Lipinski definition) is 3. The Bertz CT molecular complexity index is 870. The van der Waals surface area contributed by atoms with E-state index in [2.05, 4.69) is 5.32 Å². The van der Waals surface area contributed by atoms with E-state index in [9.17, 15) is 14.4 Å². The molecule has 3 N–H and O–H groups in total. The van der Waals surface area contributed by atoms with Gasteiger partial charge in [0.2, 0.25) is 17.7 Å². The van der Waals surface area contributed by atoms with Crippen LogP contribution in [0.4, 0.5) is 5.69 Å². The Labute approximate surface area is 162 Å². The van der Waals surface area contributed by atoms with Crippen molar-refractivity contribution in [3.8, 4) is 0 Å². The van der Waals surface area contributed by atoms with Crippen LogP contribution in [-0.4, -0.2) is 35.7 Å². The van der Waals surface area contributed by atoms with E-state index in [1.807, 2.05) is 30.3 Å². The van der Waals surface area contributed by atoms with Gasteiger partial charge in [-0.1, -0.05) is 41.9 Å². The van der Waals surface area contributed by atoms with E-state index in [1.165, 1.54) is 12.1 Å². The zero-order chi connectivity index (χ0) is 19.4. The number of nitrogens with one attached hydrogen (secondary N) is 1. The maximum atomic E-state index is 12.5. The number of rotatable bonds is 6. The predicted octanol–water partition coefficient (Wildman–Crippen LogP) is 2.47. The van der Waals surface area contributed by atoms with Crippen LogP contribution in [0.1, 0.15) is 22.3 Å². The number of anilines is 1. The molecule has 1 saturated heterocycles. The summed E-state index contributed by atoms with van der Waals surface area (Å²) in [7, 11) is 0. The Morgan fingerprint density at radius 2 is 1.93 bits per heavy atom. The topological polar surface area (TPSA) is 92.5 Å². The molecule has 3 amide bonds. The molecule has 0 bridgehead atoms. The van der Waals surface area contributed by atoms with Crippen LogP contribution in [0.5, 0.6) is 0 Å². The van der Waals surface area contributed by atoms with Crippen LogP contribution >= 0.6 is 11.6 Å². The summed E-state index contributed by atoms with van der Waals surface area (Å²) in [6.45, 7) is 0.983. The molecule has 6 nitrogen and oxygen atoms in total. The summed E-state index contributed by atoms with van der Waals surface area (Å²) in [5.41, 5.74) is 7.02. The molecule has 1 fully saturated rings. The first-order chi connectivity index (χ1) is 12.9. The molecule has 1 heterocycles. The predicted molar refractivity (Wildman–Crippen MR) is 103 cm³/mol. The monoisotopic (exact) mass is 385 g/mol. The van der Waals surface area contributed by atoms with E-state index in [4.69, 9.17) is 17.3 Å². The highest BCUT2D eigenvalue weighted by Crippen LogP contribution is 2.23. The van der Waals surface area contributed by atoms with Crippen molar-refractivity contribution in [3.05, 3.63) is 64.7 Å². The van der Waals surface area contributed by atoms with Crippen molar-refractivity contribution in [2.45, 2.75) is 12.8 Å². The number of halogens is 1. The van der Waals surface area contributed by atoms with Gasteiger partial charge in [0, 0.05) is 25.2 Å². The van der Waals surface area contributed by atoms with Crippen LogP contribution in [-0.2, 0) is 16.0 Å². The molecule has 0 aliphatic carbocycles. The minimum Gasteiger partial charge on any atom is -0.366 e. The van der Waals surface area contributed by atoms with Crippen molar-refractivity contribution in [2.75, 3.05) is 18.4 Å². The number of benzene rings is 2. The lowest BCUT2D eigenvalue weighted by Gasteiger charge is -2.16. The number of carbonyl (C=O) groups excluding carboxylic acids is 3. The zero-order valence-electron chi connectivity index (χ0n) is 14.7. The molecule has 2 aromatic carbocycles. The Hall–Kier alpha value is -2.86. The van der Waals surface area contributed by atoms with Gasteiger partial charge in [0.1, 0.15) is 0 Å². The van der Waals surface area contributed by atoms with Crippen LogP contribution in [0.2, 0.25) is 5.02 Å². The summed E-state index contributed by atoms with van der Waals surface area (Å²) >= 11 is 6.00. The highest BCUT2D eigenvalue weighted by atomic mass is 35.5. The maximum Gasteiger partial charge on any atom is 0.250 e. The quantitative estimate of drug-likeness (QED) is 0.800. The van der Waals surface area contributed by atoms with Crippen molar-refractivity contribution < 1.29 is 14.4 Å². The average molecular weight is 386 g/mol. The first-order valence-corrected chi connectivity index (χ1v) is 9.04. The second kappa shape index (κ2) is 8.22. The van der Waals surface area contributed by atoms with Gasteiger partial charge in [-0.2, -0.15) is 0 Å². The summed E-state index contributed by atoms with van der Waals surface area (Å²) in [6.07, 6.45) is 0.943. The molecule has 1 atom stereocenters. The molecular formula is C20H20ClN3O3. The second-order valence-electron chi connectivity index (χ2n) is 6.52. The van der Waals surface area contributed by atoms with Crippen LogP contribution in [0.25, 0.3) is 0 Å². The van der Waals surface area contributed by atoms with Crippen molar-refractivity contribution in [1.29, 1.82) is 0 Å². The lowest BCUT2D eigenvalue weighted by atomic mass is 10.1. The molecule has 1 unspecified atom stereocenters. The van der Waals surface area contributed by atoms with Crippen molar-refractivity contribution in [3.63, 3.8) is 0 Å². The van der Waals surface area contributed by atoms with Crippen LogP contribution < -0.4 is 11.1 Å². The molecule has 0 radical (unpaired) electrons. The SMILES string of the molecule is NC(=O)c1ccc(NC(=O)C2CC(=O)N(CCc3ccccc3)C2)cc1Cl. The van der Waals surface area contributed by atoms with Gasteiger partial charge in [0.25, 0.3) is 0 Å². The van der Waals surface area contributed by atoms with Crippen molar-refractivity contribution in [2.24, 2.45) is 11.7 Å². The molecule has 27 heavy (non-hydrogen) atoms. The van der Waals surface area contributed by atoms with E-state index in [0.29, 0.717) is 18.8 Å². The number of hydrogen-bond donors (Lipinski definition) is 2. The molecule has 1 aliphatic rings. The molecule has 3 rings (SSSR count). The van der Waals surface area contributed by atoms with Crippen LogP contribution in [0.15, 0.2) is 48.5 Å². The van der Waals surface area contributed by atoms with Gasteiger partial charge >= 0.3 is 0 Å². The van der Waals surface area contributed by atoms with E-state index in [1.54, 1.807) is 11.0 Å². The van der Waals surface area contributed by atoms with Crippen molar-refractivity contribution in [1.82, 2.24) is 4.90 Å². The van der Waals surface area contributed by atoms with Gasteiger partial charge in [0.05, 0.1) is 16.5 Å². The van der Waals surface area contributed by atoms with Crippen LogP contribution in [0.3, 0.4) is 0 Å². The number of amides is 3. The third-order valence-corrected chi connectivity index (χ3v) is 4.91. The van der Waals surface area contributed by atoms with Crippen molar-refractivity contribution >= 4 is 35.0 Å². The standard InChI is InChI=1S/C20H20ClN3O3/c21-17-11-15(6-7-16(17)19(22)26)23-20(27)14-10-18(25)24(12-14)9-8-13-4-2-1-3-5-13/h1-7,11,14H,8-10,12H2,(H2,22,26)(H,23,27). The largest absolute Gasteiger partial charge is 0.366 e. The zero-order valence-corrected chi connectivity index (χ0v) is 15.4. The molecule has 0 saturated carbocycles. The smallest absolute Gasteiger partial charge is 0.250 e. The van der Waals surface area contributed by atoms with Gasteiger partial charge in [-0.25, -0.2) is 0 Å². The fourth-order valence-electron chi connectivity index (χ4n) is 3.11. The number of carbonyl (C=O) groups is 3.